The topological polar surface area (TPSA) is 108 Å². The molecule has 170 valence electrons. The third-order valence-corrected chi connectivity index (χ3v) is 4.88. The third kappa shape index (κ3) is 4.56. The van der Waals surface area contributed by atoms with Crippen molar-refractivity contribution in [3.05, 3.63) is 52.1 Å². The summed E-state index contributed by atoms with van der Waals surface area (Å²) in [6.07, 6.45) is 1.66. The molecule has 1 aromatic carbocycles. The van der Waals surface area contributed by atoms with Crippen molar-refractivity contribution in [2.75, 3.05) is 11.9 Å². The number of hydrogen-bond acceptors (Lipinski definition) is 6. The molecular weight excluding hydrogens is 410 g/mol. The van der Waals surface area contributed by atoms with Crippen molar-refractivity contribution < 1.29 is 14.3 Å². The summed E-state index contributed by atoms with van der Waals surface area (Å²) in [5, 5.41) is 12.3. The van der Waals surface area contributed by atoms with Crippen LogP contribution < -0.4 is 10.9 Å². The highest BCUT2D eigenvalue weighted by Crippen LogP contribution is 2.25. The highest BCUT2D eigenvalue weighted by atomic mass is 16.5. The molecule has 0 aliphatic heterocycles. The fourth-order valence-corrected chi connectivity index (χ4v) is 3.44. The summed E-state index contributed by atoms with van der Waals surface area (Å²) in [5.41, 5.74) is 0.840. The van der Waals surface area contributed by atoms with Gasteiger partial charge in [0.05, 0.1) is 35.3 Å². The number of para-hydroxylation sites is 1. The Morgan fingerprint density at radius 2 is 1.88 bits per heavy atom. The zero-order valence-corrected chi connectivity index (χ0v) is 19.3. The number of benzene rings is 1. The molecule has 0 bridgehead atoms. The van der Waals surface area contributed by atoms with Crippen molar-refractivity contribution in [3.8, 4) is 0 Å². The Hall–Kier alpha value is -3.49. The van der Waals surface area contributed by atoms with Gasteiger partial charge in [0.25, 0.3) is 5.56 Å². The monoisotopic (exact) mass is 439 g/mol. The van der Waals surface area contributed by atoms with Gasteiger partial charge in [-0.2, -0.15) is 10.2 Å². The van der Waals surface area contributed by atoms with Crippen molar-refractivity contribution in [3.63, 3.8) is 0 Å². The van der Waals surface area contributed by atoms with Gasteiger partial charge >= 0.3 is 5.97 Å². The first-order chi connectivity index (χ1) is 15.0. The van der Waals surface area contributed by atoms with E-state index in [-0.39, 0.29) is 24.6 Å². The Morgan fingerprint density at radius 3 is 2.50 bits per heavy atom. The highest BCUT2D eigenvalue weighted by Gasteiger charge is 2.24. The molecule has 0 atom stereocenters. The lowest BCUT2D eigenvalue weighted by atomic mass is 10.1. The average Bonchev–Trinajstić information content (AvgIpc) is 3.16. The molecule has 0 radical (unpaired) electrons. The zero-order chi connectivity index (χ0) is 23.6. The molecule has 0 fully saturated rings. The van der Waals surface area contributed by atoms with Gasteiger partial charge in [-0.05, 0) is 45.7 Å². The molecule has 2 aromatic heterocycles. The van der Waals surface area contributed by atoms with Crippen molar-refractivity contribution >= 4 is 28.5 Å². The summed E-state index contributed by atoms with van der Waals surface area (Å²) in [6, 6.07) is 6.57. The van der Waals surface area contributed by atoms with Crippen LogP contribution in [0.2, 0.25) is 0 Å². The molecule has 2 heterocycles. The zero-order valence-electron chi connectivity index (χ0n) is 19.3. The van der Waals surface area contributed by atoms with Gasteiger partial charge in [-0.3, -0.25) is 14.3 Å². The maximum absolute atomic E-state index is 13.3. The lowest BCUT2D eigenvalue weighted by Gasteiger charge is -2.21. The molecular formula is C23H29N5O4. The van der Waals surface area contributed by atoms with E-state index < -0.39 is 23.0 Å². The van der Waals surface area contributed by atoms with Crippen LogP contribution in [0.4, 0.5) is 5.69 Å². The maximum Gasteiger partial charge on any atom is 0.340 e. The number of carbonyl (C=O) groups excluding carboxylic acids is 2. The van der Waals surface area contributed by atoms with Gasteiger partial charge in [0.15, 0.2) is 0 Å². The quantitative estimate of drug-likeness (QED) is 0.591. The SMILES string of the molecule is CCOC(=O)c1ccccc1NC(=O)Cn1nc(C(C)C)c2cnn(C(C)(C)C)c2c1=O. The van der Waals surface area contributed by atoms with E-state index in [1.54, 1.807) is 42.1 Å². The molecule has 9 nitrogen and oxygen atoms in total. The number of fused-ring (bicyclic) bond motifs is 1. The minimum absolute atomic E-state index is 0.0227. The van der Waals surface area contributed by atoms with Crippen LogP contribution in [0.1, 0.15) is 63.5 Å². The summed E-state index contributed by atoms with van der Waals surface area (Å²) in [5.74, 6) is -0.988. The standard InChI is InChI=1S/C23H29N5O4/c1-7-32-22(31)15-10-8-9-11-17(15)25-18(29)13-27-21(30)20-16(19(26-27)14(2)3)12-24-28(20)23(4,5)6/h8-12,14H,7,13H2,1-6H3,(H,25,29). The van der Waals surface area contributed by atoms with Crippen LogP contribution in [-0.2, 0) is 21.6 Å². The number of esters is 1. The fourth-order valence-electron chi connectivity index (χ4n) is 3.44. The van der Waals surface area contributed by atoms with E-state index in [0.29, 0.717) is 22.3 Å². The lowest BCUT2D eigenvalue weighted by Crippen LogP contribution is -2.34. The van der Waals surface area contributed by atoms with E-state index in [1.807, 2.05) is 34.6 Å². The predicted octanol–water partition coefficient (Wildman–Crippen LogP) is 3.29. The Bertz CT molecular complexity index is 1220. The summed E-state index contributed by atoms with van der Waals surface area (Å²) in [7, 11) is 0. The van der Waals surface area contributed by atoms with Crippen molar-refractivity contribution in [2.24, 2.45) is 0 Å². The van der Waals surface area contributed by atoms with Crippen molar-refractivity contribution in [1.82, 2.24) is 19.6 Å². The molecule has 3 rings (SSSR count). The second-order valence-electron chi connectivity index (χ2n) is 8.81. The minimum atomic E-state index is -0.531. The Kier molecular flexibility index (Phi) is 6.47. The van der Waals surface area contributed by atoms with Gasteiger partial charge in [-0.1, -0.05) is 26.0 Å². The van der Waals surface area contributed by atoms with Crippen LogP contribution in [0.25, 0.3) is 10.9 Å². The van der Waals surface area contributed by atoms with Gasteiger partial charge in [-0.15, -0.1) is 0 Å². The molecule has 32 heavy (non-hydrogen) atoms. The first kappa shape index (κ1) is 23.2. The number of carbonyl (C=O) groups is 2. The molecule has 0 unspecified atom stereocenters. The second-order valence-corrected chi connectivity index (χ2v) is 8.81. The number of hydrogen-bond donors (Lipinski definition) is 1. The highest BCUT2D eigenvalue weighted by molar-refractivity contribution is 6.01. The molecule has 1 amide bonds. The number of nitrogens with zero attached hydrogens (tertiary/aromatic N) is 4. The van der Waals surface area contributed by atoms with E-state index in [9.17, 15) is 14.4 Å². The first-order valence-electron chi connectivity index (χ1n) is 10.6. The van der Waals surface area contributed by atoms with Crippen LogP contribution in [0.5, 0.6) is 0 Å². The number of nitrogens with one attached hydrogen (secondary N) is 1. The smallest absolute Gasteiger partial charge is 0.340 e. The number of aromatic nitrogens is 4. The van der Waals surface area contributed by atoms with Gasteiger partial charge < -0.3 is 10.1 Å². The number of ether oxygens (including phenoxy) is 1. The second kappa shape index (κ2) is 8.94. The third-order valence-electron chi connectivity index (χ3n) is 4.88. The normalized spacial score (nSPS) is 11.7. The summed E-state index contributed by atoms with van der Waals surface area (Å²) >= 11 is 0. The Morgan fingerprint density at radius 1 is 1.19 bits per heavy atom. The van der Waals surface area contributed by atoms with Crippen LogP contribution in [0.15, 0.2) is 35.3 Å². The average molecular weight is 440 g/mol. The lowest BCUT2D eigenvalue weighted by molar-refractivity contribution is -0.117. The predicted molar refractivity (Wildman–Crippen MR) is 122 cm³/mol. The minimum Gasteiger partial charge on any atom is -0.462 e. The van der Waals surface area contributed by atoms with Crippen LogP contribution in [-0.4, -0.2) is 38.0 Å². The van der Waals surface area contributed by atoms with Crippen LogP contribution in [0, 0.1) is 0 Å². The summed E-state index contributed by atoms with van der Waals surface area (Å²) in [6.45, 7) is 11.4. The fraction of sp³-hybridized carbons (Fsp3) is 0.435. The molecule has 0 spiro atoms. The van der Waals surface area contributed by atoms with Gasteiger partial charge in [0, 0.05) is 5.39 Å². The number of amides is 1. The molecule has 0 saturated heterocycles. The van der Waals surface area contributed by atoms with E-state index >= 15 is 0 Å². The van der Waals surface area contributed by atoms with Gasteiger partial charge in [0.2, 0.25) is 5.91 Å². The van der Waals surface area contributed by atoms with Crippen molar-refractivity contribution in [1.29, 1.82) is 0 Å². The van der Waals surface area contributed by atoms with Crippen LogP contribution >= 0.6 is 0 Å². The number of rotatable bonds is 6. The largest absolute Gasteiger partial charge is 0.462 e. The summed E-state index contributed by atoms with van der Waals surface area (Å²) in [4.78, 5) is 38.3. The van der Waals surface area contributed by atoms with Gasteiger partial charge in [-0.25, -0.2) is 9.48 Å². The first-order valence-corrected chi connectivity index (χ1v) is 10.6. The van der Waals surface area contributed by atoms with E-state index in [4.69, 9.17) is 4.74 Å². The molecule has 1 N–H and O–H groups in total. The molecule has 0 saturated carbocycles. The Balaban J connectivity index is 2.00. The molecule has 0 aliphatic rings. The summed E-state index contributed by atoms with van der Waals surface area (Å²) < 4.78 is 7.87. The molecule has 0 aliphatic carbocycles. The van der Waals surface area contributed by atoms with Crippen LogP contribution in [0.3, 0.4) is 0 Å². The molecule has 3 aromatic rings. The van der Waals surface area contributed by atoms with E-state index in [1.165, 1.54) is 0 Å². The van der Waals surface area contributed by atoms with E-state index in [2.05, 4.69) is 15.5 Å². The number of anilines is 1. The Labute approximate surface area is 186 Å². The van der Waals surface area contributed by atoms with Crippen molar-refractivity contribution in [2.45, 2.75) is 59.5 Å². The van der Waals surface area contributed by atoms with Gasteiger partial charge in [0.1, 0.15) is 12.1 Å². The van der Waals surface area contributed by atoms with E-state index in [0.717, 1.165) is 4.68 Å². The molecule has 9 heteroatoms. The maximum atomic E-state index is 13.3.